The summed E-state index contributed by atoms with van der Waals surface area (Å²) in [6.07, 6.45) is 10.5. The molecular formula is C29H38N2O5S. The average Bonchev–Trinajstić information content (AvgIpc) is 2.87. The molecule has 2 aromatic carbocycles. The van der Waals surface area contributed by atoms with Crippen molar-refractivity contribution >= 4 is 41.3 Å². The van der Waals surface area contributed by atoms with Gasteiger partial charge in [0.25, 0.3) is 0 Å². The third-order valence-corrected chi connectivity index (χ3v) is 6.44. The Kier molecular flexibility index (Phi) is 13.3. The number of nitrogens with zero attached hydrogens (tertiary/aromatic N) is 1. The minimum Gasteiger partial charge on any atom is -0.493 e. The number of hydrogen-bond acceptors (Lipinski definition) is 5. The number of amides is 2. The highest BCUT2D eigenvalue weighted by molar-refractivity contribution is 7.98. The van der Waals surface area contributed by atoms with Crippen molar-refractivity contribution in [3.05, 3.63) is 59.7 Å². The lowest BCUT2D eigenvalue weighted by atomic mass is 10.1. The van der Waals surface area contributed by atoms with Crippen molar-refractivity contribution in [1.29, 1.82) is 0 Å². The summed E-state index contributed by atoms with van der Waals surface area (Å²) in [5.41, 5.74) is 2.52. The fraction of sp³-hybridized carbons (Fsp3) is 0.414. The topological polar surface area (TPSA) is 95.9 Å². The van der Waals surface area contributed by atoms with E-state index in [9.17, 15) is 14.4 Å². The van der Waals surface area contributed by atoms with Gasteiger partial charge in [0.2, 0.25) is 11.8 Å². The van der Waals surface area contributed by atoms with E-state index in [1.54, 1.807) is 44.1 Å². The van der Waals surface area contributed by atoms with Crippen LogP contribution in [0.4, 0.5) is 5.69 Å². The number of benzene rings is 2. The molecule has 7 nitrogen and oxygen atoms in total. The number of aryl methyl sites for hydroxylation is 1. The van der Waals surface area contributed by atoms with Gasteiger partial charge in [-0.05, 0) is 79.8 Å². The largest absolute Gasteiger partial charge is 0.493 e. The lowest BCUT2D eigenvalue weighted by molar-refractivity contribution is -0.137. The van der Waals surface area contributed by atoms with Crippen molar-refractivity contribution in [1.82, 2.24) is 4.90 Å². The van der Waals surface area contributed by atoms with Crippen LogP contribution < -0.4 is 10.1 Å². The van der Waals surface area contributed by atoms with Crippen LogP contribution in [0.1, 0.15) is 56.1 Å². The highest BCUT2D eigenvalue weighted by atomic mass is 32.2. The van der Waals surface area contributed by atoms with Crippen LogP contribution in [-0.2, 0) is 20.8 Å². The molecule has 0 aromatic heterocycles. The Labute approximate surface area is 224 Å². The van der Waals surface area contributed by atoms with E-state index in [-0.39, 0.29) is 24.7 Å². The maximum atomic E-state index is 12.3. The molecule has 0 radical (unpaired) electrons. The molecule has 0 fully saturated rings. The first-order valence-electron chi connectivity index (χ1n) is 12.6. The fourth-order valence-electron chi connectivity index (χ4n) is 3.56. The number of aliphatic carboxylic acids is 1. The monoisotopic (exact) mass is 526 g/mol. The third kappa shape index (κ3) is 12.0. The van der Waals surface area contributed by atoms with Crippen LogP contribution >= 0.6 is 11.8 Å². The molecular weight excluding hydrogens is 488 g/mol. The summed E-state index contributed by atoms with van der Waals surface area (Å²) in [4.78, 5) is 37.8. The van der Waals surface area contributed by atoms with Gasteiger partial charge in [-0.3, -0.25) is 14.4 Å². The van der Waals surface area contributed by atoms with Gasteiger partial charge in [-0.25, -0.2) is 0 Å². The van der Waals surface area contributed by atoms with Gasteiger partial charge in [0.15, 0.2) is 0 Å². The first-order valence-corrected chi connectivity index (χ1v) is 13.8. The standard InChI is InChI=1S/C29H38N2O5S/c1-31(2)28(33)11-8-10-27(32)30-24-15-18-26(23(21-24)14-19-29(34)35)36-20-7-5-4-6-9-22-12-16-25(37-3)17-13-22/h6,9,12-13,15-18,21H,4-5,7-8,10-11,14,19-20H2,1-3H3,(H,30,32)(H,34,35). The van der Waals surface area contributed by atoms with E-state index in [0.29, 0.717) is 37.3 Å². The Bertz CT molecular complexity index is 1050. The second kappa shape index (κ2) is 16.5. The number of ether oxygens (including phenoxy) is 1. The van der Waals surface area contributed by atoms with Crippen molar-refractivity contribution in [2.24, 2.45) is 0 Å². The first kappa shape index (κ1) is 30.0. The van der Waals surface area contributed by atoms with Crippen molar-refractivity contribution in [2.45, 2.75) is 56.3 Å². The Morgan fingerprint density at radius 3 is 2.43 bits per heavy atom. The molecule has 0 heterocycles. The number of carboxylic acid groups (broad SMARTS) is 1. The van der Waals surface area contributed by atoms with E-state index in [2.05, 4.69) is 48.0 Å². The summed E-state index contributed by atoms with van der Waals surface area (Å²) in [5.74, 6) is -0.444. The molecule has 0 unspecified atom stereocenters. The maximum absolute atomic E-state index is 12.3. The number of rotatable bonds is 16. The normalized spacial score (nSPS) is 10.9. The Morgan fingerprint density at radius 1 is 1.00 bits per heavy atom. The van der Waals surface area contributed by atoms with Crippen LogP contribution in [0.2, 0.25) is 0 Å². The van der Waals surface area contributed by atoms with E-state index >= 15 is 0 Å². The number of carbonyl (C=O) groups is 3. The number of hydrogen-bond donors (Lipinski definition) is 2. The van der Waals surface area contributed by atoms with Crippen molar-refractivity contribution in [2.75, 3.05) is 32.3 Å². The molecule has 0 bridgehead atoms. The number of carboxylic acids is 1. The molecule has 0 aliphatic carbocycles. The first-order chi connectivity index (χ1) is 17.8. The van der Waals surface area contributed by atoms with Gasteiger partial charge in [0.05, 0.1) is 6.61 Å². The summed E-state index contributed by atoms with van der Waals surface area (Å²) in [6, 6.07) is 13.8. The van der Waals surface area contributed by atoms with Crippen LogP contribution in [0.25, 0.3) is 6.08 Å². The number of anilines is 1. The zero-order valence-electron chi connectivity index (χ0n) is 22.0. The van der Waals surface area contributed by atoms with Crippen LogP contribution in [0.5, 0.6) is 5.75 Å². The van der Waals surface area contributed by atoms with Crippen LogP contribution in [0.15, 0.2) is 53.4 Å². The molecule has 37 heavy (non-hydrogen) atoms. The van der Waals surface area contributed by atoms with Gasteiger partial charge in [-0.1, -0.05) is 24.3 Å². The number of nitrogens with one attached hydrogen (secondary N) is 1. The number of carbonyl (C=O) groups excluding carboxylic acids is 2. The van der Waals surface area contributed by atoms with Gasteiger partial charge in [0, 0.05) is 43.9 Å². The molecule has 0 aliphatic rings. The summed E-state index contributed by atoms with van der Waals surface area (Å²) in [6.45, 7) is 0.530. The van der Waals surface area contributed by atoms with Gasteiger partial charge >= 0.3 is 5.97 Å². The van der Waals surface area contributed by atoms with Crippen LogP contribution in [0, 0.1) is 0 Å². The van der Waals surface area contributed by atoms with Gasteiger partial charge < -0.3 is 20.1 Å². The van der Waals surface area contributed by atoms with Crippen molar-refractivity contribution < 1.29 is 24.2 Å². The highest BCUT2D eigenvalue weighted by Gasteiger charge is 2.11. The summed E-state index contributed by atoms with van der Waals surface area (Å²) >= 11 is 1.73. The number of thioether (sulfide) groups is 1. The Balaban J connectivity index is 1.82. The SMILES string of the molecule is CSc1ccc(C=CCCCCOc2ccc(NC(=O)CCCC(=O)N(C)C)cc2CCC(=O)O)cc1. The summed E-state index contributed by atoms with van der Waals surface area (Å²) in [7, 11) is 3.38. The third-order valence-electron chi connectivity index (χ3n) is 5.69. The Morgan fingerprint density at radius 2 is 1.76 bits per heavy atom. The van der Waals surface area contributed by atoms with E-state index in [1.807, 2.05) is 0 Å². The minimum atomic E-state index is -0.888. The lowest BCUT2D eigenvalue weighted by Gasteiger charge is -2.14. The van der Waals surface area contributed by atoms with E-state index in [1.165, 1.54) is 15.4 Å². The zero-order chi connectivity index (χ0) is 27.0. The predicted octanol–water partition coefficient (Wildman–Crippen LogP) is 5.89. The molecule has 2 rings (SSSR count). The molecule has 8 heteroatoms. The lowest BCUT2D eigenvalue weighted by Crippen LogP contribution is -2.21. The molecule has 0 aliphatic heterocycles. The maximum Gasteiger partial charge on any atom is 0.303 e. The Hall–Kier alpha value is -3.26. The van der Waals surface area contributed by atoms with Gasteiger partial charge in [-0.2, -0.15) is 0 Å². The molecule has 2 aromatic rings. The minimum absolute atomic E-state index is 0.0118. The molecule has 0 saturated carbocycles. The molecule has 0 atom stereocenters. The zero-order valence-corrected chi connectivity index (χ0v) is 22.8. The highest BCUT2D eigenvalue weighted by Crippen LogP contribution is 2.25. The van der Waals surface area contributed by atoms with Gasteiger partial charge in [0.1, 0.15) is 5.75 Å². The molecule has 2 amide bonds. The quantitative estimate of drug-likeness (QED) is 0.209. The molecule has 2 N–H and O–H groups in total. The number of unbranched alkanes of at least 4 members (excludes halogenated alkanes) is 2. The second-order valence-corrected chi connectivity index (χ2v) is 9.81. The average molecular weight is 527 g/mol. The van der Waals surface area contributed by atoms with Crippen molar-refractivity contribution in [3.63, 3.8) is 0 Å². The van der Waals surface area contributed by atoms with E-state index in [0.717, 1.165) is 24.8 Å². The molecule has 0 spiro atoms. The van der Waals surface area contributed by atoms with Crippen LogP contribution in [0.3, 0.4) is 0 Å². The predicted molar refractivity (Wildman–Crippen MR) is 150 cm³/mol. The van der Waals surface area contributed by atoms with Crippen LogP contribution in [-0.4, -0.2) is 54.7 Å². The number of allylic oxidation sites excluding steroid dienone is 1. The van der Waals surface area contributed by atoms with E-state index in [4.69, 9.17) is 9.84 Å². The second-order valence-electron chi connectivity index (χ2n) is 8.93. The molecule has 200 valence electrons. The fourth-order valence-corrected chi connectivity index (χ4v) is 3.97. The van der Waals surface area contributed by atoms with E-state index < -0.39 is 5.97 Å². The summed E-state index contributed by atoms with van der Waals surface area (Å²) in [5, 5.41) is 12.0. The summed E-state index contributed by atoms with van der Waals surface area (Å²) < 4.78 is 5.96. The smallest absolute Gasteiger partial charge is 0.303 e. The van der Waals surface area contributed by atoms with Gasteiger partial charge in [-0.15, -0.1) is 11.8 Å². The van der Waals surface area contributed by atoms with Crippen molar-refractivity contribution in [3.8, 4) is 5.75 Å². The molecule has 0 saturated heterocycles.